The van der Waals surface area contributed by atoms with Gasteiger partial charge in [-0.05, 0) is 61.4 Å². The maximum absolute atomic E-state index is 13.5. The molecule has 8 nitrogen and oxygen atoms in total. The van der Waals surface area contributed by atoms with Crippen molar-refractivity contribution in [3.8, 4) is 33.8 Å². The highest BCUT2D eigenvalue weighted by atomic mass is 19.1. The van der Waals surface area contributed by atoms with Crippen molar-refractivity contribution in [1.82, 2.24) is 30.1 Å². The Hall–Kier alpha value is -4.92. The van der Waals surface area contributed by atoms with Crippen LogP contribution in [0.4, 0.5) is 10.1 Å². The minimum Gasteiger partial charge on any atom is -0.353 e. The summed E-state index contributed by atoms with van der Waals surface area (Å²) in [7, 11) is 0. The van der Waals surface area contributed by atoms with E-state index in [4.69, 9.17) is 0 Å². The number of aromatic nitrogens is 6. The number of pyridine rings is 3. The molecule has 3 N–H and O–H groups in total. The number of amides is 1. The predicted octanol–water partition coefficient (Wildman–Crippen LogP) is 5.72. The van der Waals surface area contributed by atoms with Gasteiger partial charge < -0.3 is 10.3 Å². The van der Waals surface area contributed by atoms with E-state index in [9.17, 15) is 9.18 Å². The van der Waals surface area contributed by atoms with E-state index in [1.807, 2.05) is 24.3 Å². The summed E-state index contributed by atoms with van der Waals surface area (Å²) >= 11 is 0. The quantitative estimate of drug-likeness (QED) is 0.287. The van der Waals surface area contributed by atoms with E-state index < -0.39 is 0 Å². The smallest absolute Gasteiger partial charge is 0.227 e. The molecule has 1 fully saturated rings. The topological polar surface area (TPSA) is 112 Å². The van der Waals surface area contributed by atoms with E-state index in [1.165, 1.54) is 12.1 Å². The molecule has 9 heteroatoms. The van der Waals surface area contributed by atoms with E-state index in [-0.39, 0.29) is 17.6 Å². The van der Waals surface area contributed by atoms with Crippen molar-refractivity contribution in [2.45, 2.75) is 12.8 Å². The molecule has 6 aromatic rings. The van der Waals surface area contributed by atoms with Crippen LogP contribution < -0.4 is 5.32 Å². The minimum absolute atomic E-state index is 0.0398. The largest absolute Gasteiger partial charge is 0.353 e. The van der Waals surface area contributed by atoms with Crippen LogP contribution in [0, 0.1) is 11.7 Å². The molecule has 37 heavy (non-hydrogen) atoms. The zero-order chi connectivity index (χ0) is 24.9. The van der Waals surface area contributed by atoms with Crippen LogP contribution >= 0.6 is 0 Å². The normalized spacial score (nSPS) is 13.3. The van der Waals surface area contributed by atoms with Crippen LogP contribution in [0.5, 0.6) is 0 Å². The molecule has 5 heterocycles. The van der Waals surface area contributed by atoms with Crippen LogP contribution in [0.3, 0.4) is 0 Å². The second-order valence-electron chi connectivity index (χ2n) is 9.23. The van der Waals surface area contributed by atoms with E-state index in [1.54, 1.807) is 36.9 Å². The van der Waals surface area contributed by atoms with Crippen LogP contribution in [0.15, 0.2) is 73.3 Å². The van der Waals surface area contributed by atoms with Crippen LogP contribution in [-0.4, -0.2) is 36.0 Å². The third kappa shape index (κ3) is 3.90. The molecule has 0 saturated heterocycles. The molecule has 0 radical (unpaired) electrons. The Kier molecular flexibility index (Phi) is 4.81. The van der Waals surface area contributed by atoms with Crippen LogP contribution in [0.25, 0.3) is 55.7 Å². The highest BCUT2D eigenvalue weighted by molar-refractivity contribution is 6.00. The number of carbonyl (C=O) groups is 1. The van der Waals surface area contributed by atoms with E-state index in [0.717, 1.165) is 62.9 Å². The molecule has 5 aromatic heterocycles. The number of anilines is 1. The number of fused-ring (bicyclic) bond motifs is 2. The summed E-state index contributed by atoms with van der Waals surface area (Å²) in [5.74, 6) is -0.132. The summed E-state index contributed by atoms with van der Waals surface area (Å²) in [6, 6.07) is 14.1. The first-order valence-corrected chi connectivity index (χ1v) is 12.0. The Labute approximate surface area is 210 Å². The summed E-state index contributed by atoms with van der Waals surface area (Å²) in [5, 5.41) is 12.2. The molecular formula is C28H20FN7O. The number of aromatic amines is 2. The molecule has 1 saturated carbocycles. The van der Waals surface area contributed by atoms with Crippen molar-refractivity contribution in [3.63, 3.8) is 0 Å². The lowest BCUT2D eigenvalue weighted by Crippen LogP contribution is -2.13. The predicted molar refractivity (Wildman–Crippen MR) is 139 cm³/mol. The first-order valence-electron chi connectivity index (χ1n) is 12.0. The van der Waals surface area contributed by atoms with Crippen molar-refractivity contribution in [2.24, 2.45) is 5.92 Å². The molecule has 1 aliphatic carbocycles. The average molecular weight is 490 g/mol. The minimum atomic E-state index is -0.288. The monoisotopic (exact) mass is 489 g/mol. The molecular weight excluding hydrogens is 469 g/mol. The lowest BCUT2D eigenvalue weighted by Gasteiger charge is -2.07. The third-order valence-corrected chi connectivity index (χ3v) is 6.63. The fraction of sp³-hybridized carbons (Fsp3) is 0.107. The van der Waals surface area contributed by atoms with Crippen molar-refractivity contribution in [3.05, 3.63) is 79.1 Å². The van der Waals surface area contributed by atoms with Gasteiger partial charge in [-0.2, -0.15) is 5.10 Å². The third-order valence-electron chi connectivity index (χ3n) is 6.63. The number of carbonyl (C=O) groups excluding carboxylic acids is 1. The van der Waals surface area contributed by atoms with Gasteiger partial charge in [0.25, 0.3) is 0 Å². The summed E-state index contributed by atoms with van der Waals surface area (Å²) in [4.78, 5) is 29.0. The number of benzene rings is 1. The van der Waals surface area contributed by atoms with Gasteiger partial charge in [-0.1, -0.05) is 0 Å². The maximum atomic E-state index is 13.5. The van der Waals surface area contributed by atoms with E-state index >= 15 is 0 Å². The molecule has 1 aliphatic rings. The summed E-state index contributed by atoms with van der Waals surface area (Å²) in [6.07, 6.45) is 8.76. The standard InChI is InChI=1S/C28H20FN7O/c29-19-5-3-15(4-6-19)25-21-11-24(34-23(21)7-8-31-25)26-22-10-18(13-32-27(22)36-35-26)17-9-20(14-30-12-17)33-28(37)16-1-2-16/h3-14,16,34H,1-2H2,(H,33,37)(H,32,35,36). The average Bonchev–Trinajstić information content (AvgIpc) is 3.55. The Morgan fingerprint density at radius 1 is 0.919 bits per heavy atom. The molecule has 180 valence electrons. The molecule has 0 unspecified atom stereocenters. The van der Waals surface area contributed by atoms with Crippen LogP contribution in [0.1, 0.15) is 12.8 Å². The van der Waals surface area contributed by atoms with Gasteiger partial charge in [-0.3, -0.25) is 19.9 Å². The number of hydrogen-bond acceptors (Lipinski definition) is 5. The Morgan fingerprint density at radius 2 is 1.76 bits per heavy atom. The zero-order valence-corrected chi connectivity index (χ0v) is 19.5. The lowest BCUT2D eigenvalue weighted by molar-refractivity contribution is -0.117. The van der Waals surface area contributed by atoms with Crippen molar-refractivity contribution in [2.75, 3.05) is 5.32 Å². The first kappa shape index (κ1) is 21.4. The molecule has 0 atom stereocenters. The van der Waals surface area contributed by atoms with Gasteiger partial charge in [0.2, 0.25) is 5.91 Å². The molecule has 1 aromatic carbocycles. The van der Waals surface area contributed by atoms with Gasteiger partial charge in [-0.15, -0.1) is 0 Å². The van der Waals surface area contributed by atoms with E-state index in [0.29, 0.717) is 11.3 Å². The number of H-pyrrole nitrogens is 2. The van der Waals surface area contributed by atoms with Gasteiger partial charge >= 0.3 is 0 Å². The number of nitrogens with zero attached hydrogens (tertiary/aromatic N) is 4. The highest BCUT2D eigenvalue weighted by Gasteiger charge is 2.29. The van der Waals surface area contributed by atoms with Gasteiger partial charge in [0.15, 0.2) is 5.65 Å². The van der Waals surface area contributed by atoms with Crippen molar-refractivity contribution in [1.29, 1.82) is 0 Å². The van der Waals surface area contributed by atoms with Crippen molar-refractivity contribution < 1.29 is 9.18 Å². The second-order valence-corrected chi connectivity index (χ2v) is 9.23. The van der Waals surface area contributed by atoms with Gasteiger partial charge in [0.1, 0.15) is 5.82 Å². The Bertz CT molecular complexity index is 1800. The molecule has 1 amide bonds. The maximum Gasteiger partial charge on any atom is 0.227 e. The Balaban J connectivity index is 1.28. The van der Waals surface area contributed by atoms with Crippen LogP contribution in [0.2, 0.25) is 0 Å². The molecule has 0 bridgehead atoms. The SMILES string of the molecule is O=C(Nc1cncc(-c2cnc3n[nH]c(-c4cc5c(-c6ccc(F)cc6)nccc5[nH]4)c3c2)c1)C1CC1. The van der Waals surface area contributed by atoms with E-state index in [2.05, 4.69) is 35.5 Å². The fourth-order valence-electron chi connectivity index (χ4n) is 4.55. The number of nitrogens with one attached hydrogen (secondary N) is 3. The fourth-order valence-corrected chi connectivity index (χ4v) is 4.55. The van der Waals surface area contributed by atoms with Crippen LogP contribution in [-0.2, 0) is 4.79 Å². The zero-order valence-electron chi connectivity index (χ0n) is 19.5. The van der Waals surface area contributed by atoms with Crippen molar-refractivity contribution >= 4 is 33.5 Å². The van der Waals surface area contributed by atoms with Gasteiger partial charge in [-0.25, -0.2) is 9.37 Å². The van der Waals surface area contributed by atoms with Gasteiger partial charge in [0.05, 0.1) is 29.0 Å². The second kappa shape index (κ2) is 8.34. The molecule has 0 spiro atoms. The summed E-state index contributed by atoms with van der Waals surface area (Å²) in [5.41, 5.74) is 7.06. The molecule has 0 aliphatic heterocycles. The number of hydrogen-bond donors (Lipinski definition) is 3. The first-order chi connectivity index (χ1) is 18.1. The van der Waals surface area contributed by atoms with Gasteiger partial charge in [0, 0.05) is 57.5 Å². The lowest BCUT2D eigenvalue weighted by atomic mass is 10.1. The molecule has 7 rings (SSSR count). The highest BCUT2D eigenvalue weighted by Crippen LogP contribution is 2.34. The Morgan fingerprint density at radius 3 is 2.59 bits per heavy atom. The number of halogens is 1. The summed E-state index contributed by atoms with van der Waals surface area (Å²) in [6.45, 7) is 0. The number of rotatable bonds is 5. The summed E-state index contributed by atoms with van der Waals surface area (Å²) < 4.78 is 13.5.